The van der Waals surface area contributed by atoms with E-state index in [0.29, 0.717) is 6.92 Å². The number of halogens is 8. The molecule has 0 heterocycles. The lowest BCUT2D eigenvalue weighted by molar-refractivity contribution is -0.323. The van der Waals surface area contributed by atoms with Gasteiger partial charge >= 0.3 is 12.4 Å². The molecule has 0 saturated carbocycles. The number of aliphatic hydroxyl groups is 1. The Hall–Kier alpha value is -1.35. The number of hydrogen-bond acceptors (Lipinski definition) is 2. The number of aliphatic hydroxyl groups excluding tert-OH is 1. The standard InChI is InChI=1S/C14H18F8O2/c1-4-11(3,7-10(15)16)8(23)6-9(24)12(5-2,13(17,18)19)14(20,21)22/h6,10,23H,4-5,7H2,1-3H3. The van der Waals surface area contributed by atoms with Crippen molar-refractivity contribution in [2.24, 2.45) is 10.8 Å². The number of carbonyl (C=O) groups excluding carboxylic acids is 1. The smallest absolute Gasteiger partial charge is 0.410 e. The Labute approximate surface area is 133 Å². The van der Waals surface area contributed by atoms with Crippen LogP contribution in [0, 0.1) is 10.8 Å². The van der Waals surface area contributed by atoms with Crippen LogP contribution in [0.25, 0.3) is 0 Å². The van der Waals surface area contributed by atoms with E-state index in [-0.39, 0.29) is 12.5 Å². The molecule has 10 heteroatoms. The van der Waals surface area contributed by atoms with E-state index < -0.39 is 54.0 Å². The van der Waals surface area contributed by atoms with E-state index in [2.05, 4.69) is 0 Å². The molecule has 0 aromatic carbocycles. The van der Waals surface area contributed by atoms with Crippen LogP contribution >= 0.6 is 0 Å². The number of ketones is 1. The maximum atomic E-state index is 13.0. The Bertz CT molecular complexity index is 464. The van der Waals surface area contributed by atoms with E-state index in [1.807, 2.05) is 0 Å². The highest BCUT2D eigenvalue weighted by molar-refractivity contribution is 5.96. The summed E-state index contributed by atoms with van der Waals surface area (Å²) in [6.45, 7) is 2.85. The Kier molecular flexibility index (Phi) is 6.86. The van der Waals surface area contributed by atoms with Crippen LogP contribution in [0.2, 0.25) is 0 Å². The average Bonchev–Trinajstić information content (AvgIpc) is 2.35. The normalized spacial score (nSPS) is 17.1. The van der Waals surface area contributed by atoms with Gasteiger partial charge in [0, 0.05) is 17.9 Å². The molecule has 0 amide bonds. The summed E-state index contributed by atoms with van der Waals surface area (Å²) < 4.78 is 103. The van der Waals surface area contributed by atoms with Crippen molar-refractivity contribution in [1.29, 1.82) is 0 Å². The minimum atomic E-state index is -5.96. The lowest BCUT2D eigenvalue weighted by Gasteiger charge is -2.35. The molecule has 0 aliphatic carbocycles. The van der Waals surface area contributed by atoms with Crippen molar-refractivity contribution in [2.45, 2.75) is 58.8 Å². The second-order valence-corrected chi connectivity index (χ2v) is 5.66. The molecular weight excluding hydrogens is 352 g/mol. The summed E-state index contributed by atoms with van der Waals surface area (Å²) in [5.74, 6) is -3.67. The largest absolute Gasteiger partial charge is 0.512 e. The molecule has 1 N–H and O–H groups in total. The van der Waals surface area contributed by atoms with Crippen molar-refractivity contribution in [3.63, 3.8) is 0 Å². The second-order valence-electron chi connectivity index (χ2n) is 5.66. The van der Waals surface area contributed by atoms with Gasteiger partial charge in [0.15, 0.2) is 5.78 Å². The molecule has 142 valence electrons. The fraction of sp³-hybridized carbons (Fsp3) is 0.786. The summed E-state index contributed by atoms with van der Waals surface area (Å²) in [6, 6.07) is 0. The van der Waals surface area contributed by atoms with Crippen molar-refractivity contribution in [2.75, 3.05) is 0 Å². The van der Waals surface area contributed by atoms with E-state index >= 15 is 0 Å². The van der Waals surface area contributed by atoms with Crippen molar-refractivity contribution in [3.8, 4) is 0 Å². The van der Waals surface area contributed by atoms with Crippen LogP contribution in [0.3, 0.4) is 0 Å². The third-order valence-corrected chi connectivity index (χ3v) is 4.19. The van der Waals surface area contributed by atoms with E-state index in [9.17, 15) is 45.0 Å². The van der Waals surface area contributed by atoms with Gasteiger partial charge in [-0.05, 0) is 12.8 Å². The highest BCUT2D eigenvalue weighted by atomic mass is 19.4. The lowest BCUT2D eigenvalue weighted by atomic mass is 9.76. The first-order chi connectivity index (χ1) is 10.6. The van der Waals surface area contributed by atoms with Crippen LogP contribution in [0.4, 0.5) is 35.1 Å². The fourth-order valence-electron chi connectivity index (χ4n) is 2.21. The van der Waals surface area contributed by atoms with Gasteiger partial charge in [0.2, 0.25) is 11.8 Å². The molecule has 0 aromatic rings. The molecule has 0 aliphatic rings. The van der Waals surface area contributed by atoms with Crippen LogP contribution in [0.1, 0.15) is 40.0 Å². The zero-order chi connectivity index (χ0) is 19.6. The summed E-state index contributed by atoms with van der Waals surface area (Å²) in [5, 5.41) is 9.75. The van der Waals surface area contributed by atoms with Gasteiger partial charge in [-0.1, -0.05) is 20.8 Å². The molecule has 0 bridgehead atoms. The topological polar surface area (TPSA) is 37.3 Å². The summed E-state index contributed by atoms with van der Waals surface area (Å²) in [4.78, 5) is 11.8. The van der Waals surface area contributed by atoms with Gasteiger partial charge in [-0.15, -0.1) is 0 Å². The van der Waals surface area contributed by atoms with Crippen LogP contribution in [0.5, 0.6) is 0 Å². The van der Waals surface area contributed by atoms with Gasteiger partial charge < -0.3 is 5.11 Å². The van der Waals surface area contributed by atoms with E-state index in [1.165, 1.54) is 6.92 Å². The molecule has 0 aliphatic heterocycles. The zero-order valence-electron chi connectivity index (χ0n) is 13.2. The zero-order valence-corrected chi connectivity index (χ0v) is 13.2. The molecule has 0 radical (unpaired) electrons. The molecule has 0 fully saturated rings. The van der Waals surface area contributed by atoms with Gasteiger partial charge in [0.25, 0.3) is 0 Å². The van der Waals surface area contributed by atoms with Crippen LogP contribution in [-0.4, -0.2) is 29.7 Å². The molecule has 0 saturated heterocycles. The van der Waals surface area contributed by atoms with E-state index in [0.717, 1.165) is 6.92 Å². The molecule has 1 atom stereocenters. The summed E-state index contributed by atoms with van der Waals surface area (Å²) in [7, 11) is 0. The number of allylic oxidation sites excluding steroid dienone is 2. The maximum absolute atomic E-state index is 13.0. The monoisotopic (exact) mass is 370 g/mol. The number of hydrogen-bond donors (Lipinski definition) is 1. The number of carbonyl (C=O) groups is 1. The molecule has 24 heavy (non-hydrogen) atoms. The number of rotatable bonds is 7. The van der Waals surface area contributed by atoms with Crippen LogP contribution in [0.15, 0.2) is 11.8 Å². The minimum Gasteiger partial charge on any atom is -0.512 e. The third-order valence-electron chi connectivity index (χ3n) is 4.19. The highest BCUT2D eigenvalue weighted by Gasteiger charge is 2.73. The summed E-state index contributed by atoms with van der Waals surface area (Å²) >= 11 is 0. The SMILES string of the molecule is CCC(C)(CC(F)F)C(O)=CC(=O)C(CC)(C(F)(F)F)C(F)(F)F. The third kappa shape index (κ3) is 4.18. The van der Waals surface area contributed by atoms with Gasteiger partial charge in [-0.2, -0.15) is 26.3 Å². The fourth-order valence-corrected chi connectivity index (χ4v) is 2.21. The summed E-state index contributed by atoms with van der Waals surface area (Å²) in [5.41, 5.74) is -6.52. The molecule has 1 unspecified atom stereocenters. The maximum Gasteiger partial charge on any atom is 0.410 e. The predicted molar refractivity (Wildman–Crippen MR) is 69.6 cm³/mol. The molecule has 0 rings (SSSR count). The van der Waals surface area contributed by atoms with Crippen molar-refractivity contribution >= 4 is 5.78 Å². The molecule has 0 spiro atoms. The highest BCUT2D eigenvalue weighted by Crippen LogP contribution is 2.53. The molecular formula is C14H18F8O2. The van der Waals surface area contributed by atoms with Crippen LogP contribution < -0.4 is 0 Å². The van der Waals surface area contributed by atoms with Crippen LogP contribution in [-0.2, 0) is 4.79 Å². The first-order valence-corrected chi connectivity index (χ1v) is 6.96. The Balaban J connectivity index is 6.11. The van der Waals surface area contributed by atoms with Crippen molar-refractivity contribution in [3.05, 3.63) is 11.8 Å². The molecule has 2 nitrogen and oxygen atoms in total. The van der Waals surface area contributed by atoms with Gasteiger partial charge in [-0.3, -0.25) is 4.79 Å². The first-order valence-electron chi connectivity index (χ1n) is 6.96. The summed E-state index contributed by atoms with van der Waals surface area (Å²) in [6.07, 6.45) is -18.0. The van der Waals surface area contributed by atoms with Crippen molar-refractivity contribution in [1.82, 2.24) is 0 Å². The quantitative estimate of drug-likeness (QED) is 0.360. The Morgan fingerprint density at radius 2 is 1.42 bits per heavy atom. The lowest BCUT2D eigenvalue weighted by Crippen LogP contribution is -2.54. The minimum absolute atomic E-state index is 0.218. The second kappa shape index (κ2) is 7.26. The first kappa shape index (κ1) is 22.6. The molecule has 0 aromatic heterocycles. The Morgan fingerprint density at radius 1 is 1.00 bits per heavy atom. The Morgan fingerprint density at radius 3 is 1.67 bits per heavy atom. The van der Waals surface area contributed by atoms with E-state index in [4.69, 9.17) is 0 Å². The van der Waals surface area contributed by atoms with E-state index in [1.54, 1.807) is 0 Å². The predicted octanol–water partition coefficient (Wildman–Crippen LogP) is 5.59. The van der Waals surface area contributed by atoms with Gasteiger partial charge in [0.1, 0.15) is 5.76 Å². The van der Waals surface area contributed by atoms with Gasteiger partial charge in [-0.25, -0.2) is 8.78 Å². The average molecular weight is 370 g/mol. The van der Waals surface area contributed by atoms with Crippen molar-refractivity contribution < 1.29 is 45.0 Å². The van der Waals surface area contributed by atoms with Gasteiger partial charge in [0.05, 0.1) is 0 Å². The number of alkyl halides is 8.